The molecule has 0 aliphatic rings. The maximum atomic E-state index is 11.4. The molecule has 0 saturated heterocycles. The summed E-state index contributed by atoms with van der Waals surface area (Å²) in [4.78, 5) is 0. The van der Waals surface area contributed by atoms with Crippen LogP contribution in [-0.4, -0.2) is 14.2 Å². The Balaban J connectivity index is 0.00000225. The van der Waals surface area contributed by atoms with Crippen molar-refractivity contribution in [2.24, 2.45) is 0 Å². The van der Waals surface area contributed by atoms with E-state index in [0.29, 0.717) is 6.42 Å². The van der Waals surface area contributed by atoms with Crippen molar-refractivity contribution < 1.29 is 24.0 Å². The molecule has 4 aromatic carbocycles. The number of hydrogen-bond donors (Lipinski definition) is 0. The summed E-state index contributed by atoms with van der Waals surface area (Å²) in [6, 6.07) is 33.3. The van der Waals surface area contributed by atoms with Crippen molar-refractivity contribution in [3.05, 3.63) is 103 Å². The van der Waals surface area contributed by atoms with E-state index in [1.807, 2.05) is 42.5 Å². The van der Waals surface area contributed by atoms with Crippen molar-refractivity contribution in [1.82, 2.24) is 0 Å². The van der Waals surface area contributed by atoms with Crippen LogP contribution in [0.1, 0.15) is 5.56 Å². The Morgan fingerprint density at radius 3 is 2.07 bits per heavy atom. The third-order valence-corrected chi connectivity index (χ3v) is 8.45. The Morgan fingerprint density at radius 2 is 1.32 bits per heavy atom. The van der Waals surface area contributed by atoms with Crippen LogP contribution in [-0.2, 0) is 6.42 Å². The molecule has 28 heavy (non-hydrogen) atoms. The molecule has 0 spiro atoms. The second-order valence-electron chi connectivity index (χ2n) is 6.67. The van der Waals surface area contributed by atoms with Crippen molar-refractivity contribution in [3.8, 4) is 0 Å². The van der Waals surface area contributed by atoms with Crippen molar-refractivity contribution in [2.75, 3.05) is 6.61 Å². The minimum Gasteiger partial charge on any atom is -0.854 e. The van der Waals surface area contributed by atoms with E-state index in [-0.39, 0.29) is 25.5 Å². The first-order valence-electron chi connectivity index (χ1n) is 9.12. The van der Waals surface area contributed by atoms with Crippen molar-refractivity contribution in [2.45, 2.75) is 6.42 Å². The summed E-state index contributed by atoms with van der Waals surface area (Å²) in [5, 5.41) is 17.1. The molecule has 130 valence electrons. The summed E-state index contributed by atoms with van der Waals surface area (Å²) >= 11 is 0. The minimum atomic E-state index is -2.34. The van der Waals surface area contributed by atoms with Gasteiger partial charge >= 0.3 is 26.4 Å². The Kier molecular flexibility index (Phi) is 6.82. The fourth-order valence-corrected chi connectivity index (χ4v) is 6.77. The van der Waals surface area contributed by atoms with E-state index in [1.165, 1.54) is 10.8 Å². The molecule has 2 radical (unpaired) electrons. The third-order valence-electron chi connectivity index (χ3n) is 5.05. The molecule has 4 aromatic rings. The van der Waals surface area contributed by atoms with E-state index in [9.17, 15) is 5.11 Å². The summed E-state index contributed by atoms with van der Waals surface area (Å²) in [6.45, 7) is -0.135. The van der Waals surface area contributed by atoms with Crippen LogP contribution in [0, 0.1) is 0 Å². The van der Waals surface area contributed by atoms with E-state index in [0.717, 1.165) is 21.5 Å². The van der Waals surface area contributed by atoms with Gasteiger partial charge in [0.1, 0.15) is 0 Å². The zero-order chi connectivity index (χ0) is 18.7. The van der Waals surface area contributed by atoms with Gasteiger partial charge in [-0.15, -0.1) is 6.61 Å². The second-order valence-corrected chi connectivity index (χ2v) is 9.63. The first-order valence-corrected chi connectivity index (χ1v) is 11.0. The van der Waals surface area contributed by atoms with Gasteiger partial charge in [0.05, 0.1) is 23.1 Å². The van der Waals surface area contributed by atoms with Gasteiger partial charge in [-0.05, 0) is 53.1 Å². The summed E-state index contributed by atoms with van der Waals surface area (Å²) in [6.07, 6.45) is 0.496. The third kappa shape index (κ3) is 3.84. The molecule has 1 atom stereocenters. The van der Waals surface area contributed by atoms with Crippen LogP contribution in [0.3, 0.4) is 0 Å². The molecule has 1 nitrogen and oxygen atoms in total. The van der Waals surface area contributed by atoms with Crippen LogP contribution in [0.5, 0.6) is 0 Å². The fraction of sp³-hybridized carbons (Fsp3) is 0.0833. The Morgan fingerprint density at radius 1 is 0.679 bits per heavy atom. The minimum absolute atomic E-state index is 0. The molecule has 0 aromatic heterocycles. The van der Waals surface area contributed by atoms with Crippen LogP contribution in [0.4, 0.5) is 0 Å². The van der Waals surface area contributed by atoms with Gasteiger partial charge in [0.25, 0.3) is 0 Å². The van der Waals surface area contributed by atoms with E-state index >= 15 is 0 Å². The predicted molar refractivity (Wildman–Crippen MR) is 117 cm³/mol. The summed E-state index contributed by atoms with van der Waals surface area (Å²) in [5.74, 6) is 0. The number of fused-ring (bicyclic) bond motifs is 1. The Bertz CT molecular complexity index is 1070. The Labute approximate surface area is 180 Å². The van der Waals surface area contributed by atoms with Gasteiger partial charge in [0.15, 0.2) is 0 Å². The first kappa shape index (κ1) is 20.9. The zero-order valence-corrected chi connectivity index (χ0v) is 17.0. The summed E-state index contributed by atoms with van der Waals surface area (Å²) in [7, 11) is 4.96. The van der Waals surface area contributed by atoms with Crippen molar-refractivity contribution >= 4 is 41.4 Å². The average molecular weight is 373 g/mol. The molecule has 4 heteroatoms. The molecule has 4 rings (SSSR count). The molecule has 0 aliphatic heterocycles. The monoisotopic (exact) mass is 373 g/mol. The zero-order valence-electron chi connectivity index (χ0n) is 16.1. The van der Waals surface area contributed by atoms with Crippen LogP contribution in [0.2, 0.25) is 0 Å². The van der Waals surface area contributed by atoms with Crippen LogP contribution in [0.25, 0.3) is 10.8 Å². The molecule has 0 bridgehead atoms. The second kappa shape index (κ2) is 9.13. The van der Waals surface area contributed by atoms with Gasteiger partial charge in [0.2, 0.25) is 0 Å². The van der Waals surface area contributed by atoms with Crippen LogP contribution < -0.4 is 39.9 Å². The van der Waals surface area contributed by atoms with Crippen molar-refractivity contribution in [1.29, 1.82) is 0 Å². The van der Waals surface area contributed by atoms with Gasteiger partial charge in [-0.2, -0.15) is 0 Å². The quantitative estimate of drug-likeness (QED) is 0.360. The number of hydrogen-bond acceptors (Lipinski definition) is 1. The molecule has 1 unspecified atom stereocenters. The average Bonchev–Trinajstić information content (AvgIpc) is 2.74. The molecule has 0 N–H and O–H groups in total. The molecule has 0 fully saturated rings. The van der Waals surface area contributed by atoms with E-state index in [2.05, 4.69) is 54.6 Å². The number of benzene rings is 4. The predicted octanol–water partition coefficient (Wildman–Crippen LogP) is 0.124. The maximum absolute atomic E-state index is 11.4. The standard InChI is InChI=1S/C24H20BOP.Li/c25-27(22-11-2-1-3-12-22,24-13-7-6-9-20(24)16-17-26)23-15-14-19-8-4-5-10-21(19)18-23;/h1-15,18H,16-17H2;/q;+1. The van der Waals surface area contributed by atoms with Crippen LogP contribution in [0.15, 0.2) is 97.1 Å². The van der Waals surface area contributed by atoms with Gasteiger partial charge in [-0.3, -0.25) is 0 Å². The van der Waals surface area contributed by atoms with Crippen LogP contribution >= 0.6 is 7.14 Å². The smallest absolute Gasteiger partial charge is 0.854 e. The van der Waals surface area contributed by atoms with E-state index in [4.69, 9.17) is 7.57 Å². The van der Waals surface area contributed by atoms with E-state index in [1.54, 1.807) is 0 Å². The maximum Gasteiger partial charge on any atom is 1.00 e. The summed E-state index contributed by atoms with van der Waals surface area (Å²) in [5.41, 5.74) is 1.06. The van der Waals surface area contributed by atoms with Gasteiger partial charge in [-0.1, -0.05) is 66.7 Å². The normalized spacial score (nSPS) is 12.9. The molecule has 0 heterocycles. The Hall–Kier alpha value is -1.81. The topological polar surface area (TPSA) is 23.1 Å². The first-order chi connectivity index (χ1) is 13.2. The molecule has 0 aliphatic carbocycles. The number of rotatable bonds is 5. The van der Waals surface area contributed by atoms with E-state index < -0.39 is 7.14 Å². The summed E-state index contributed by atoms with van der Waals surface area (Å²) < 4.78 is 0. The van der Waals surface area contributed by atoms with Crippen molar-refractivity contribution in [3.63, 3.8) is 0 Å². The fourth-order valence-electron chi connectivity index (χ4n) is 3.66. The molecule has 0 saturated carbocycles. The van der Waals surface area contributed by atoms with Gasteiger partial charge in [0, 0.05) is 0 Å². The van der Waals surface area contributed by atoms with Gasteiger partial charge < -0.3 is 5.11 Å². The molecular formula is C24H20BLiOP+. The molecule has 0 amide bonds. The SMILES string of the molecule is [B][P+](c1ccccc1)(c1ccc2ccccc2c1)c1ccccc1CC[O-].[Li+]. The largest absolute Gasteiger partial charge is 1.00 e. The van der Waals surface area contributed by atoms with Gasteiger partial charge in [-0.25, -0.2) is 0 Å². The molecular weight excluding hydrogens is 353 g/mol.